The lowest BCUT2D eigenvalue weighted by atomic mass is 10.0. The Hall–Kier alpha value is -1.07. The molecule has 0 saturated heterocycles. The highest BCUT2D eigenvalue weighted by Gasteiger charge is 2.22. The molecule has 0 fully saturated rings. The van der Waals surface area contributed by atoms with Gasteiger partial charge in [0, 0.05) is 4.47 Å². The highest BCUT2D eigenvalue weighted by Crippen LogP contribution is 2.19. The van der Waals surface area contributed by atoms with E-state index in [0.29, 0.717) is 0 Å². The first kappa shape index (κ1) is 16.0. The van der Waals surface area contributed by atoms with Gasteiger partial charge in [-0.2, -0.15) is 0 Å². The molecule has 19 heavy (non-hydrogen) atoms. The zero-order chi connectivity index (χ0) is 14.6. The fraction of sp³-hybridized carbons (Fsp3) is 0.500. The van der Waals surface area contributed by atoms with E-state index in [9.17, 15) is 9.90 Å². The third-order valence-corrected chi connectivity index (χ3v) is 2.96. The van der Waals surface area contributed by atoms with Crippen LogP contribution in [0.15, 0.2) is 28.7 Å². The van der Waals surface area contributed by atoms with Crippen LogP contribution in [0.2, 0.25) is 0 Å². The normalized spacial score (nSPS) is 14.6. The maximum atomic E-state index is 11.6. The van der Waals surface area contributed by atoms with E-state index < -0.39 is 23.8 Å². The van der Waals surface area contributed by atoms with E-state index in [0.717, 1.165) is 10.0 Å². The zero-order valence-electron chi connectivity index (χ0n) is 11.6. The number of rotatable bonds is 3. The number of aliphatic hydroxyl groups excluding tert-OH is 1. The van der Waals surface area contributed by atoms with Crippen LogP contribution in [0.4, 0.5) is 4.79 Å². The van der Waals surface area contributed by atoms with Crippen LogP contribution in [-0.2, 0) is 4.74 Å². The summed E-state index contributed by atoms with van der Waals surface area (Å²) < 4.78 is 6.09. The molecule has 4 nitrogen and oxygen atoms in total. The Labute approximate surface area is 122 Å². The topological polar surface area (TPSA) is 58.6 Å². The van der Waals surface area contributed by atoms with Crippen molar-refractivity contribution in [1.82, 2.24) is 5.32 Å². The Morgan fingerprint density at radius 3 is 2.32 bits per heavy atom. The molecule has 0 saturated carbocycles. The van der Waals surface area contributed by atoms with Gasteiger partial charge in [-0.15, -0.1) is 0 Å². The lowest BCUT2D eigenvalue weighted by Gasteiger charge is -2.24. The number of ether oxygens (including phenoxy) is 1. The standard InChI is InChI=1S/C14H20BrNO3/c1-9(16-13(18)19-14(2,3)4)12(17)10-5-7-11(15)8-6-10/h5-9,12,17H,1-4H3,(H,16,18)/t9?,12-/m0/s1. The second kappa shape index (κ2) is 6.39. The molecule has 1 aromatic carbocycles. The Morgan fingerprint density at radius 1 is 1.32 bits per heavy atom. The molecule has 106 valence electrons. The summed E-state index contributed by atoms with van der Waals surface area (Å²) in [6.45, 7) is 7.11. The van der Waals surface area contributed by atoms with Crippen LogP contribution < -0.4 is 5.32 Å². The molecule has 0 heterocycles. The van der Waals surface area contributed by atoms with Crippen LogP contribution in [0.3, 0.4) is 0 Å². The van der Waals surface area contributed by atoms with Gasteiger partial charge in [0.05, 0.1) is 12.1 Å². The van der Waals surface area contributed by atoms with Crippen LogP contribution >= 0.6 is 15.9 Å². The Bertz CT molecular complexity index is 425. The number of carbonyl (C=O) groups excluding carboxylic acids is 1. The van der Waals surface area contributed by atoms with Gasteiger partial charge in [0.2, 0.25) is 0 Å². The SMILES string of the molecule is CC(NC(=O)OC(C)(C)C)[C@H](O)c1ccc(Br)cc1. The van der Waals surface area contributed by atoms with E-state index in [1.807, 2.05) is 24.3 Å². The van der Waals surface area contributed by atoms with E-state index in [4.69, 9.17) is 4.74 Å². The fourth-order valence-electron chi connectivity index (χ4n) is 1.52. The van der Waals surface area contributed by atoms with Crippen molar-refractivity contribution in [1.29, 1.82) is 0 Å². The highest BCUT2D eigenvalue weighted by molar-refractivity contribution is 9.10. The summed E-state index contributed by atoms with van der Waals surface area (Å²) in [7, 11) is 0. The van der Waals surface area contributed by atoms with Gasteiger partial charge in [-0.1, -0.05) is 28.1 Å². The number of alkyl carbamates (subject to hydrolysis) is 1. The molecule has 0 bridgehead atoms. The molecule has 0 aliphatic carbocycles. The minimum absolute atomic E-state index is 0.434. The van der Waals surface area contributed by atoms with Gasteiger partial charge in [-0.05, 0) is 45.4 Å². The fourth-order valence-corrected chi connectivity index (χ4v) is 1.79. The first-order chi connectivity index (χ1) is 8.69. The maximum absolute atomic E-state index is 11.6. The van der Waals surface area contributed by atoms with Crippen LogP contribution in [0, 0.1) is 0 Å². The van der Waals surface area contributed by atoms with Crippen LogP contribution in [0.1, 0.15) is 39.4 Å². The zero-order valence-corrected chi connectivity index (χ0v) is 13.2. The Kier molecular flexibility index (Phi) is 5.38. The number of nitrogens with one attached hydrogen (secondary N) is 1. The quantitative estimate of drug-likeness (QED) is 0.893. The molecular weight excluding hydrogens is 310 g/mol. The van der Waals surface area contributed by atoms with Crippen molar-refractivity contribution in [2.75, 3.05) is 0 Å². The minimum atomic E-state index is -0.777. The average Bonchev–Trinajstić information content (AvgIpc) is 2.26. The first-order valence-corrected chi connectivity index (χ1v) is 6.91. The summed E-state index contributed by atoms with van der Waals surface area (Å²) in [5, 5.41) is 12.8. The third kappa shape index (κ3) is 5.61. The molecule has 1 aromatic rings. The van der Waals surface area contributed by atoms with Crippen molar-refractivity contribution < 1.29 is 14.6 Å². The summed E-state index contributed by atoms with van der Waals surface area (Å²) in [6.07, 6.45) is -1.31. The summed E-state index contributed by atoms with van der Waals surface area (Å²) in [4.78, 5) is 11.6. The monoisotopic (exact) mass is 329 g/mol. The van der Waals surface area contributed by atoms with Crippen LogP contribution in [-0.4, -0.2) is 22.8 Å². The molecule has 1 unspecified atom stereocenters. The van der Waals surface area contributed by atoms with Gasteiger partial charge >= 0.3 is 6.09 Å². The molecule has 0 radical (unpaired) electrons. The second-order valence-electron chi connectivity index (χ2n) is 5.43. The van der Waals surface area contributed by atoms with Gasteiger partial charge in [-0.25, -0.2) is 4.79 Å². The van der Waals surface area contributed by atoms with Crippen molar-refractivity contribution in [3.63, 3.8) is 0 Å². The summed E-state index contributed by atoms with van der Waals surface area (Å²) in [6, 6.07) is 6.87. The number of aliphatic hydroxyl groups is 1. The van der Waals surface area contributed by atoms with Crippen molar-refractivity contribution in [3.8, 4) is 0 Å². The number of benzene rings is 1. The van der Waals surface area contributed by atoms with Gasteiger partial charge in [0.1, 0.15) is 5.60 Å². The lowest BCUT2D eigenvalue weighted by molar-refractivity contribution is 0.0436. The molecule has 0 aromatic heterocycles. The molecule has 1 rings (SSSR count). The minimum Gasteiger partial charge on any atom is -0.444 e. The summed E-state index contributed by atoms with van der Waals surface area (Å²) in [5.41, 5.74) is 0.193. The first-order valence-electron chi connectivity index (χ1n) is 6.12. The number of amides is 1. The Balaban J connectivity index is 2.60. The van der Waals surface area contributed by atoms with Crippen molar-refractivity contribution >= 4 is 22.0 Å². The molecule has 1 amide bonds. The van der Waals surface area contributed by atoms with Crippen LogP contribution in [0.25, 0.3) is 0 Å². The highest BCUT2D eigenvalue weighted by atomic mass is 79.9. The third-order valence-electron chi connectivity index (χ3n) is 2.43. The van der Waals surface area contributed by atoms with E-state index in [2.05, 4.69) is 21.2 Å². The van der Waals surface area contributed by atoms with Gasteiger partial charge in [0.25, 0.3) is 0 Å². The van der Waals surface area contributed by atoms with Crippen molar-refractivity contribution in [2.24, 2.45) is 0 Å². The van der Waals surface area contributed by atoms with E-state index in [-0.39, 0.29) is 0 Å². The number of halogens is 1. The summed E-state index contributed by atoms with van der Waals surface area (Å²) >= 11 is 3.33. The molecule has 2 N–H and O–H groups in total. The second-order valence-corrected chi connectivity index (χ2v) is 6.35. The van der Waals surface area contributed by atoms with Crippen LogP contribution in [0.5, 0.6) is 0 Å². The molecule has 0 aliphatic rings. The molecule has 5 heteroatoms. The molecular formula is C14H20BrNO3. The summed E-state index contributed by atoms with van der Waals surface area (Å²) in [5.74, 6) is 0. The Morgan fingerprint density at radius 2 is 1.84 bits per heavy atom. The van der Waals surface area contributed by atoms with Crippen molar-refractivity contribution in [3.05, 3.63) is 34.3 Å². The molecule has 2 atom stereocenters. The maximum Gasteiger partial charge on any atom is 0.407 e. The average molecular weight is 330 g/mol. The molecule has 0 aliphatic heterocycles. The smallest absolute Gasteiger partial charge is 0.407 e. The lowest BCUT2D eigenvalue weighted by Crippen LogP contribution is -2.40. The predicted molar refractivity (Wildman–Crippen MR) is 77.9 cm³/mol. The van der Waals surface area contributed by atoms with Gasteiger partial charge in [0.15, 0.2) is 0 Å². The predicted octanol–water partition coefficient (Wildman–Crippen LogP) is 3.40. The number of carbonyl (C=O) groups is 1. The van der Waals surface area contributed by atoms with Gasteiger partial charge < -0.3 is 15.2 Å². The largest absolute Gasteiger partial charge is 0.444 e. The molecule has 0 spiro atoms. The van der Waals surface area contributed by atoms with Crippen molar-refractivity contribution in [2.45, 2.75) is 45.4 Å². The van der Waals surface area contributed by atoms with Gasteiger partial charge in [-0.3, -0.25) is 0 Å². The van der Waals surface area contributed by atoms with E-state index >= 15 is 0 Å². The van der Waals surface area contributed by atoms with E-state index in [1.165, 1.54) is 0 Å². The number of hydrogen-bond donors (Lipinski definition) is 2. The van der Waals surface area contributed by atoms with E-state index in [1.54, 1.807) is 27.7 Å². The number of hydrogen-bond acceptors (Lipinski definition) is 3.